The summed E-state index contributed by atoms with van der Waals surface area (Å²) in [5.74, 6) is 4.11. The lowest BCUT2D eigenvalue weighted by atomic mass is 10.8. The van der Waals surface area contributed by atoms with Gasteiger partial charge in [-0.1, -0.05) is 6.58 Å². The summed E-state index contributed by atoms with van der Waals surface area (Å²) in [4.78, 5) is 0. The minimum Gasteiger partial charge on any atom is -0.161 e. The van der Waals surface area contributed by atoms with Crippen molar-refractivity contribution in [1.29, 1.82) is 0 Å². The van der Waals surface area contributed by atoms with Gasteiger partial charge in [-0.05, 0) is 14.6 Å². The summed E-state index contributed by atoms with van der Waals surface area (Å²) >= 11 is 0. The van der Waals surface area contributed by atoms with Crippen molar-refractivity contribution in [3.8, 4) is 0 Å². The van der Waals surface area contributed by atoms with Crippen molar-refractivity contribution >= 4 is 10.5 Å². The first-order chi connectivity index (χ1) is 3.62. The summed E-state index contributed by atoms with van der Waals surface area (Å²) in [6.07, 6.45) is 1.20. The van der Waals surface area contributed by atoms with Crippen molar-refractivity contribution in [2.75, 3.05) is 5.75 Å². The molecule has 1 unspecified atom stereocenters. The first-order valence-electron chi connectivity index (χ1n) is 1.84. The Kier molecular flexibility index (Phi) is 2.85. The molecule has 0 aromatic rings. The van der Waals surface area contributed by atoms with E-state index in [9.17, 15) is 8.76 Å². The van der Waals surface area contributed by atoms with E-state index >= 15 is 0 Å². The molecule has 0 fully saturated rings. The van der Waals surface area contributed by atoms with Crippen molar-refractivity contribution in [3.05, 3.63) is 12.7 Å². The molecule has 0 bridgehead atoms. The normalized spacial score (nSPS) is 17.2. The van der Waals surface area contributed by atoms with E-state index in [4.69, 9.17) is 0 Å². The molecule has 1 radical (unpaired) electrons. The molecule has 8 heavy (non-hydrogen) atoms. The third-order valence-electron chi connectivity index (χ3n) is 0.469. The third-order valence-corrected chi connectivity index (χ3v) is 1.41. The highest BCUT2D eigenvalue weighted by Crippen LogP contribution is 1.97. The van der Waals surface area contributed by atoms with E-state index in [0.29, 0.717) is 0 Å². The molecule has 0 aliphatic rings. The van der Waals surface area contributed by atoms with E-state index in [1.807, 2.05) is 0 Å². The van der Waals surface area contributed by atoms with Gasteiger partial charge in [-0.3, -0.25) is 0 Å². The van der Waals surface area contributed by atoms with Gasteiger partial charge in [0, 0.05) is 0 Å². The molecule has 1 atom stereocenters. The minimum atomic E-state index is -3.51. The summed E-state index contributed by atoms with van der Waals surface area (Å²) in [5, 5.41) is 0. The fourth-order valence-electron chi connectivity index (χ4n) is 0.184. The Morgan fingerprint density at radius 2 is 2.38 bits per heavy atom. The number of hydrogen-bond donors (Lipinski definition) is 1. The van der Waals surface area contributed by atoms with E-state index in [-0.39, 0.29) is 5.75 Å². The molecule has 5 heteroatoms. The lowest BCUT2D eigenvalue weighted by Gasteiger charge is -1.87. The largest absolute Gasteiger partial charge is 0.417 e. The first kappa shape index (κ1) is 7.77. The molecule has 0 aliphatic carbocycles. The molecule has 0 spiro atoms. The van der Waals surface area contributed by atoms with Crippen LogP contribution in [0.5, 0.6) is 0 Å². The molecular weight excluding hydrogens is 130 g/mol. The molecule has 0 aromatic heterocycles. The third kappa shape index (κ3) is 2.86. The van der Waals surface area contributed by atoms with Crippen LogP contribution in [-0.4, -0.2) is 5.75 Å². The van der Waals surface area contributed by atoms with Gasteiger partial charge in [0.25, 0.3) is 0 Å². The summed E-state index contributed by atoms with van der Waals surface area (Å²) in [7, 11) is -3.51. The summed E-state index contributed by atoms with van der Waals surface area (Å²) in [5.41, 5.74) is 0. The van der Waals surface area contributed by atoms with Crippen LogP contribution in [0.4, 0.5) is 0 Å². The second-order valence-corrected chi connectivity index (χ2v) is 2.75. The van der Waals surface area contributed by atoms with Crippen LogP contribution in [0.25, 0.3) is 0 Å². The van der Waals surface area contributed by atoms with Gasteiger partial charge >= 0.3 is 10.5 Å². The molecule has 0 saturated heterocycles. The van der Waals surface area contributed by atoms with Crippen molar-refractivity contribution in [1.82, 2.24) is 0 Å². The zero-order valence-electron chi connectivity index (χ0n) is 4.20. The van der Waals surface area contributed by atoms with E-state index < -0.39 is 10.5 Å². The smallest absolute Gasteiger partial charge is 0.161 e. The van der Waals surface area contributed by atoms with Crippen LogP contribution in [0.1, 0.15) is 0 Å². The monoisotopic (exact) mass is 137 g/mol. The Balaban J connectivity index is 3.72. The average molecular weight is 137 g/mol. The fraction of sp³-hybridized carbons (Fsp3) is 0.333. The molecule has 47 valence electrons. The summed E-state index contributed by atoms with van der Waals surface area (Å²) < 4.78 is 23.9. The minimum absolute atomic E-state index is 0.247. The SMILES string of the molecule is C=CC[S+]([O])(=O)ON. The van der Waals surface area contributed by atoms with Crippen molar-refractivity contribution in [2.45, 2.75) is 0 Å². The maximum Gasteiger partial charge on any atom is 0.417 e. The van der Waals surface area contributed by atoms with E-state index in [1.165, 1.54) is 6.08 Å². The van der Waals surface area contributed by atoms with Gasteiger partial charge in [0.15, 0.2) is 5.75 Å². The average Bonchev–Trinajstić information content (AvgIpc) is 1.67. The molecule has 0 aliphatic heterocycles. The Morgan fingerprint density at radius 1 is 1.88 bits per heavy atom. The van der Waals surface area contributed by atoms with Gasteiger partial charge in [-0.15, -0.1) is 0 Å². The Hall–Kier alpha value is -0.230. The number of nitrogens with two attached hydrogens (primary N) is 1. The fourth-order valence-corrected chi connectivity index (χ4v) is 0.551. The lowest BCUT2D eigenvalue weighted by molar-refractivity contribution is 0.264. The molecule has 0 heterocycles. The molecule has 4 nitrogen and oxygen atoms in total. The Labute approximate surface area is 48.7 Å². The Bertz CT molecular complexity index is 124. The van der Waals surface area contributed by atoms with Gasteiger partial charge in [-0.25, -0.2) is 0 Å². The lowest BCUT2D eigenvalue weighted by Crippen LogP contribution is -2.18. The predicted molar refractivity (Wildman–Crippen MR) is 29.1 cm³/mol. The summed E-state index contributed by atoms with van der Waals surface area (Å²) in [6, 6.07) is 0. The molecular formula is C3H7NO3S+. The van der Waals surface area contributed by atoms with Crippen LogP contribution < -0.4 is 5.90 Å². The standard InChI is InChI=1S/C3H7NO3S/c1-2-3-8(5,6)7-4/h2H,1,3-4H2/q+1. The van der Waals surface area contributed by atoms with Crippen LogP contribution in [0.3, 0.4) is 0 Å². The van der Waals surface area contributed by atoms with E-state index in [2.05, 4.69) is 16.8 Å². The van der Waals surface area contributed by atoms with Gasteiger partial charge < -0.3 is 0 Å². The topological polar surface area (TPSA) is 72.2 Å². The quantitative estimate of drug-likeness (QED) is 0.333. The van der Waals surface area contributed by atoms with Crippen LogP contribution >= 0.6 is 0 Å². The van der Waals surface area contributed by atoms with E-state index in [1.54, 1.807) is 0 Å². The molecule has 2 N–H and O–H groups in total. The van der Waals surface area contributed by atoms with Gasteiger partial charge in [0.1, 0.15) is 0 Å². The number of hydrogen-bond acceptors (Lipinski definition) is 3. The van der Waals surface area contributed by atoms with Crippen LogP contribution in [0.15, 0.2) is 12.7 Å². The van der Waals surface area contributed by atoms with Gasteiger partial charge in [0.05, 0.1) is 4.55 Å². The van der Waals surface area contributed by atoms with Crippen molar-refractivity contribution in [3.63, 3.8) is 0 Å². The highest BCUT2D eigenvalue weighted by Gasteiger charge is 2.26. The van der Waals surface area contributed by atoms with Crippen molar-refractivity contribution in [2.24, 2.45) is 5.90 Å². The highest BCUT2D eigenvalue weighted by molar-refractivity contribution is 7.93. The van der Waals surface area contributed by atoms with Crippen LogP contribution in [-0.2, 0) is 23.5 Å². The maximum absolute atomic E-state index is 10.2. The Morgan fingerprint density at radius 3 is 2.50 bits per heavy atom. The van der Waals surface area contributed by atoms with Crippen LogP contribution in [0.2, 0.25) is 0 Å². The van der Waals surface area contributed by atoms with Gasteiger partial charge in [-0.2, -0.15) is 5.90 Å². The predicted octanol–water partition coefficient (Wildman–Crippen LogP) is -0.177. The highest BCUT2D eigenvalue weighted by atomic mass is 32.3. The molecule has 0 saturated carbocycles. The molecule has 0 amide bonds. The second kappa shape index (κ2) is 2.93. The second-order valence-electron chi connectivity index (χ2n) is 1.11. The van der Waals surface area contributed by atoms with Crippen molar-refractivity contribution < 1.29 is 13.0 Å². The first-order valence-corrected chi connectivity index (χ1v) is 3.42. The van der Waals surface area contributed by atoms with Gasteiger partial charge in [0.2, 0.25) is 0 Å². The van der Waals surface area contributed by atoms with Crippen LogP contribution in [0, 0.1) is 0 Å². The number of rotatable bonds is 3. The zero-order valence-corrected chi connectivity index (χ0v) is 5.02. The summed E-state index contributed by atoms with van der Waals surface area (Å²) in [6.45, 7) is 3.18. The molecule has 0 aromatic carbocycles. The van der Waals surface area contributed by atoms with E-state index in [0.717, 1.165) is 0 Å². The zero-order chi connectivity index (χ0) is 6.62. The maximum atomic E-state index is 10.2. The molecule has 0 rings (SSSR count).